The first kappa shape index (κ1) is 21.9. The van der Waals surface area contributed by atoms with Crippen molar-refractivity contribution >= 4 is 23.3 Å². The van der Waals surface area contributed by atoms with Gasteiger partial charge in [-0.25, -0.2) is 9.78 Å². The fourth-order valence-electron chi connectivity index (χ4n) is 2.46. The number of nitrogens with one attached hydrogen (secondary N) is 2. The summed E-state index contributed by atoms with van der Waals surface area (Å²) in [4.78, 5) is 21.8. The number of ether oxygens (including phenoxy) is 1. The minimum atomic E-state index is -0.319. The van der Waals surface area contributed by atoms with Gasteiger partial charge in [-0.15, -0.1) is 11.3 Å². The summed E-state index contributed by atoms with van der Waals surface area (Å²) in [5.41, 5.74) is 0.693. The lowest BCUT2D eigenvalue weighted by Crippen LogP contribution is -2.43. The molecule has 0 spiro atoms. The van der Waals surface area contributed by atoms with Gasteiger partial charge in [-0.3, -0.25) is 4.99 Å². The maximum atomic E-state index is 12.0. The quantitative estimate of drug-likeness (QED) is 0.373. The topological polar surface area (TPSA) is 88.8 Å². The second-order valence-corrected chi connectivity index (χ2v) is 7.60. The van der Waals surface area contributed by atoms with Crippen molar-refractivity contribution in [1.82, 2.24) is 15.6 Å². The van der Waals surface area contributed by atoms with Crippen molar-refractivity contribution < 1.29 is 13.9 Å². The van der Waals surface area contributed by atoms with Crippen LogP contribution in [0.3, 0.4) is 0 Å². The number of hydrogen-bond donors (Lipinski definition) is 2. The molecule has 0 saturated carbocycles. The van der Waals surface area contributed by atoms with E-state index in [1.165, 1.54) is 11.3 Å². The number of aromatic nitrogens is 1. The van der Waals surface area contributed by atoms with E-state index in [1.54, 1.807) is 13.2 Å². The SMILES string of the molecule is CCOC(=O)c1sc(C(C)NC(=NCCc2ccco2)NC(C)CC)nc1C. The Kier molecular flexibility index (Phi) is 8.50. The number of carbonyl (C=O) groups excluding carboxylic acids is 1. The molecule has 0 bridgehead atoms. The number of aliphatic imine (C=N–C) groups is 1. The normalized spacial score (nSPS) is 13.8. The van der Waals surface area contributed by atoms with E-state index in [0.717, 1.165) is 29.6 Å². The van der Waals surface area contributed by atoms with Crippen molar-refractivity contribution in [2.24, 2.45) is 4.99 Å². The maximum absolute atomic E-state index is 12.0. The fraction of sp³-hybridized carbons (Fsp3) is 0.550. The second kappa shape index (κ2) is 10.8. The number of rotatable bonds is 9. The van der Waals surface area contributed by atoms with Gasteiger partial charge in [0.15, 0.2) is 5.96 Å². The molecule has 0 saturated heterocycles. The number of nitrogens with zero attached hydrogens (tertiary/aromatic N) is 2. The van der Waals surface area contributed by atoms with E-state index >= 15 is 0 Å². The molecule has 0 aliphatic carbocycles. The van der Waals surface area contributed by atoms with Crippen LogP contribution in [0.5, 0.6) is 0 Å². The average molecular weight is 407 g/mol. The van der Waals surface area contributed by atoms with Gasteiger partial charge in [0.1, 0.15) is 15.6 Å². The molecule has 0 aliphatic heterocycles. The summed E-state index contributed by atoms with van der Waals surface area (Å²) < 4.78 is 10.5. The van der Waals surface area contributed by atoms with E-state index < -0.39 is 0 Å². The molecule has 8 heteroatoms. The van der Waals surface area contributed by atoms with Crippen LogP contribution in [0.15, 0.2) is 27.8 Å². The van der Waals surface area contributed by atoms with Crippen LogP contribution in [-0.2, 0) is 11.2 Å². The molecule has 2 atom stereocenters. The maximum Gasteiger partial charge on any atom is 0.350 e. The van der Waals surface area contributed by atoms with E-state index in [0.29, 0.717) is 23.7 Å². The Hall–Kier alpha value is -2.35. The molecule has 0 radical (unpaired) electrons. The molecule has 2 aromatic heterocycles. The third kappa shape index (κ3) is 6.37. The Morgan fingerprint density at radius 3 is 2.79 bits per heavy atom. The zero-order valence-corrected chi connectivity index (χ0v) is 18.1. The van der Waals surface area contributed by atoms with Crippen LogP contribution in [0.2, 0.25) is 0 Å². The van der Waals surface area contributed by atoms with Gasteiger partial charge in [0.25, 0.3) is 0 Å². The summed E-state index contributed by atoms with van der Waals surface area (Å²) in [5.74, 6) is 1.31. The van der Waals surface area contributed by atoms with Crippen LogP contribution in [0.25, 0.3) is 0 Å². The van der Waals surface area contributed by atoms with Crippen LogP contribution in [0, 0.1) is 6.92 Å². The first-order chi connectivity index (χ1) is 13.4. The highest BCUT2D eigenvalue weighted by atomic mass is 32.1. The van der Waals surface area contributed by atoms with Crippen LogP contribution in [-0.4, -0.2) is 36.1 Å². The lowest BCUT2D eigenvalue weighted by molar-refractivity contribution is 0.0531. The van der Waals surface area contributed by atoms with Crippen molar-refractivity contribution in [2.75, 3.05) is 13.2 Å². The van der Waals surface area contributed by atoms with Crippen molar-refractivity contribution in [3.8, 4) is 0 Å². The number of carbonyl (C=O) groups is 1. The Labute approximate surface area is 170 Å². The summed E-state index contributed by atoms with van der Waals surface area (Å²) in [6.45, 7) is 10.8. The standard InChI is InChI=1S/C20H30N4O3S/c1-6-13(3)22-20(21-11-10-16-9-8-12-27-16)24-15(5)18-23-14(4)17(28-18)19(25)26-7-2/h8-9,12-13,15H,6-7,10-11H2,1-5H3,(H2,21,22,24). The molecule has 0 aliphatic rings. The third-order valence-electron chi connectivity index (χ3n) is 4.20. The molecule has 7 nitrogen and oxygen atoms in total. The van der Waals surface area contributed by atoms with Crippen LogP contribution >= 0.6 is 11.3 Å². The first-order valence-corrected chi connectivity index (χ1v) is 10.5. The molecule has 2 rings (SSSR count). The summed E-state index contributed by atoms with van der Waals surface area (Å²) >= 11 is 1.36. The van der Waals surface area contributed by atoms with E-state index in [4.69, 9.17) is 9.15 Å². The zero-order chi connectivity index (χ0) is 20.5. The van der Waals surface area contributed by atoms with Gasteiger partial charge in [-0.1, -0.05) is 6.92 Å². The molecule has 28 heavy (non-hydrogen) atoms. The smallest absolute Gasteiger partial charge is 0.350 e. The molecular weight excluding hydrogens is 376 g/mol. The van der Waals surface area contributed by atoms with Crippen molar-refractivity contribution in [2.45, 2.75) is 59.5 Å². The first-order valence-electron chi connectivity index (χ1n) is 9.68. The van der Waals surface area contributed by atoms with Crippen LogP contribution in [0.4, 0.5) is 0 Å². The molecule has 0 aromatic carbocycles. The predicted octanol–water partition coefficient (Wildman–Crippen LogP) is 3.86. The number of furan rings is 1. The monoisotopic (exact) mass is 406 g/mol. The Morgan fingerprint density at radius 2 is 2.14 bits per heavy atom. The minimum absolute atomic E-state index is 0.0919. The lowest BCUT2D eigenvalue weighted by atomic mass is 10.2. The predicted molar refractivity (Wildman–Crippen MR) is 112 cm³/mol. The average Bonchev–Trinajstić information content (AvgIpc) is 3.31. The van der Waals surface area contributed by atoms with E-state index in [1.807, 2.05) is 26.0 Å². The van der Waals surface area contributed by atoms with Gasteiger partial charge in [0.2, 0.25) is 0 Å². The Morgan fingerprint density at radius 1 is 1.36 bits per heavy atom. The zero-order valence-electron chi connectivity index (χ0n) is 17.2. The molecule has 2 aromatic rings. The highest BCUT2D eigenvalue weighted by Gasteiger charge is 2.20. The highest BCUT2D eigenvalue weighted by Crippen LogP contribution is 2.24. The molecule has 0 fully saturated rings. The Balaban J connectivity index is 2.07. The summed E-state index contributed by atoms with van der Waals surface area (Å²) in [6, 6.07) is 4.02. The second-order valence-electron chi connectivity index (χ2n) is 6.57. The molecule has 0 amide bonds. The number of guanidine groups is 1. The molecule has 2 unspecified atom stereocenters. The molecule has 154 valence electrons. The summed E-state index contributed by atoms with van der Waals surface area (Å²) in [6.07, 6.45) is 3.39. The number of thiazole rings is 1. The fourth-order valence-corrected chi connectivity index (χ4v) is 3.42. The van der Waals surface area contributed by atoms with Crippen LogP contribution < -0.4 is 10.6 Å². The minimum Gasteiger partial charge on any atom is -0.469 e. The van der Waals surface area contributed by atoms with Gasteiger partial charge in [0.05, 0.1) is 24.6 Å². The van der Waals surface area contributed by atoms with Crippen molar-refractivity contribution in [3.05, 3.63) is 39.7 Å². The van der Waals surface area contributed by atoms with Crippen molar-refractivity contribution in [1.29, 1.82) is 0 Å². The van der Waals surface area contributed by atoms with Crippen molar-refractivity contribution in [3.63, 3.8) is 0 Å². The molecule has 2 heterocycles. The Bertz CT molecular complexity index is 771. The number of esters is 1. The van der Waals surface area contributed by atoms with Gasteiger partial charge >= 0.3 is 5.97 Å². The number of aryl methyl sites for hydroxylation is 1. The van der Waals surface area contributed by atoms with E-state index in [2.05, 4.69) is 34.5 Å². The third-order valence-corrected chi connectivity index (χ3v) is 5.52. The van der Waals surface area contributed by atoms with Gasteiger partial charge in [0, 0.05) is 19.0 Å². The van der Waals surface area contributed by atoms with Crippen LogP contribution in [0.1, 0.15) is 66.3 Å². The lowest BCUT2D eigenvalue weighted by Gasteiger charge is -2.20. The molecule has 2 N–H and O–H groups in total. The largest absolute Gasteiger partial charge is 0.469 e. The number of hydrogen-bond acceptors (Lipinski definition) is 6. The molecular formula is C20H30N4O3S. The summed E-state index contributed by atoms with van der Waals surface area (Å²) in [7, 11) is 0. The van der Waals surface area contributed by atoms with E-state index in [9.17, 15) is 4.79 Å². The summed E-state index contributed by atoms with van der Waals surface area (Å²) in [5, 5.41) is 7.62. The van der Waals surface area contributed by atoms with E-state index in [-0.39, 0.29) is 18.1 Å². The van der Waals surface area contributed by atoms with Gasteiger partial charge in [-0.2, -0.15) is 0 Å². The van der Waals surface area contributed by atoms with Gasteiger partial charge < -0.3 is 19.8 Å². The highest BCUT2D eigenvalue weighted by molar-refractivity contribution is 7.13. The van der Waals surface area contributed by atoms with Gasteiger partial charge in [-0.05, 0) is 46.2 Å².